The molecule has 3 aromatic rings. The molecule has 1 amide bonds. The normalized spacial score (nSPS) is 13.6. The number of rotatable bonds is 5. The molecule has 1 aliphatic heterocycles. The maximum absolute atomic E-state index is 12.9. The average molecular weight is 360 g/mol. The summed E-state index contributed by atoms with van der Waals surface area (Å²) in [7, 11) is 0. The minimum Gasteiger partial charge on any atom is -0.350 e. The number of hydrogen-bond donors (Lipinski definition) is 1. The summed E-state index contributed by atoms with van der Waals surface area (Å²) in [6.07, 6.45) is 8.70. The van der Waals surface area contributed by atoms with Gasteiger partial charge in [-0.3, -0.25) is 9.78 Å². The molecule has 1 aliphatic rings. The highest BCUT2D eigenvalue weighted by Gasteiger charge is 2.23. The number of nitrogens with zero attached hydrogens (tertiary/aromatic N) is 3. The second-order valence-electron chi connectivity index (χ2n) is 6.93. The highest BCUT2D eigenvalue weighted by molar-refractivity contribution is 5.94. The highest BCUT2D eigenvalue weighted by atomic mass is 16.1. The van der Waals surface area contributed by atoms with E-state index in [0.29, 0.717) is 12.2 Å². The van der Waals surface area contributed by atoms with Crippen molar-refractivity contribution in [2.24, 2.45) is 0 Å². The van der Waals surface area contributed by atoms with Gasteiger partial charge in [0.1, 0.15) is 11.5 Å². The molecule has 27 heavy (non-hydrogen) atoms. The molecule has 0 spiro atoms. The van der Waals surface area contributed by atoms with Crippen LogP contribution in [0.5, 0.6) is 0 Å². The second kappa shape index (κ2) is 8.16. The number of carbonyl (C=O) groups is 1. The van der Waals surface area contributed by atoms with Crippen LogP contribution in [0.1, 0.15) is 41.0 Å². The Labute approximate surface area is 159 Å². The minimum absolute atomic E-state index is 0.0771. The van der Waals surface area contributed by atoms with E-state index in [-0.39, 0.29) is 5.91 Å². The number of aromatic nitrogens is 3. The number of pyridine rings is 1. The molecule has 0 saturated heterocycles. The maximum Gasteiger partial charge on any atom is 0.271 e. The van der Waals surface area contributed by atoms with Crippen molar-refractivity contribution < 1.29 is 4.79 Å². The lowest BCUT2D eigenvalue weighted by atomic mass is 10.1. The fraction of sp³-hybridized carbons (Fsp3) is 0.318. The van der Waals surface area contributed by atoms with Crippen LogP contribution in [0.25, 0.3) is 11.4 Å². The van der Waals surface area contributed by atoms with E-state index in [9.17, 15) is 4.79 Å². The van der Waals surface area contributed by atoms with E-state index in [4.69, 9.17) is 4.98 Å². The Bertz CT molecular complexity index is 903. The summed E-state index contributed by atoms with van der Waals surface area (Å²) in [6, 6.07) is 14.1. The molecule has 2 aromatic heterocycles. The van der Waals surface area contributed by atoms with Gasteiger partial charge < -0.3 is 9.88 Å². The van der Waals surface area contributed by atoms with Gasteiger partial charge in [0.25, 0.3) is 5.91 Å². The molecule has 4 rings (SSSR count). The molecular weight excluding hydrogens is 336 g/mol. The van der Waals surface area contributed by atoms with Crippen molar-refractivity contribution in [1.29, 1.82) is 0 Å². The van der Waals surface area contributed by atoms with Gasteiger partial charge in [0, 0.05) is 31.0 Å². The highest BCUT2D eigenvalue weighted by Crippen LogP contribution is 2.27. The number of fused-ring (bicyclic) bond motifs is 1. The summed E-state index contributed by atoms with van der Waals surface area (Å²) in [5.74, 6) is 0.830. The van der Waals surface area contributed by atoms with Gasteiger partial charge in [-0.05, 0) is 37.3 Å². The zero-order valence-electron chi connectivity index (χ0n) is 15.4. The predicted octanol–water partition coefficient (Wildman–Crippen LogP) is 3.64. The third-order valence-corrected chi connectivity index (χ3v) is 5.04. The largest absolute Gasteiger partial charge is 0.350 e. The molecule has 0 radical (unpaired) electrons. The predicted molar refractivity (Wildman–Crippen MR) is 105 cm³/mol. The summed E-state index contributed by atoms with van der Waals surface area (Å²) in [5.41, 5.74) is 3.84. The topological polar surface area (TPSA) is 59.8 Å². The summed E-state index contributed by atoms with van der Waals surface area (Å²) in [5, 5.41) is 3.04. The van der Waals surface area contributed by atoms with Crippen LogP contribution in [-0.2, 0) is 19.4 Å². The van der Waals surface area contributed by atoms with E-state index >= 15 is 0 Å². The van der Waals surface area contributed by atoms with Crippen LogP contribution in [0.15, 0.2) is 54.9 Å². The SMILES string of the molecule is O=C(NCCc1cccnc1)c1nc(-c2ccccc2)n2c1CCCCC2. The fourth-order valence-corrected chi connectivity index (χ4v) is 3.66. The van der Waals surface area contributed by atoms with Gasteiger partial charge in [0.2, 0.25) is 0 Å². The van der Waals surface area contributed by atoms with Crippen molar-refractivity contribution in [2.45, 2.75) is 38.6 Å². The lowest BCUT2D eigenvalue weighted by Crippen LogP contribution is -2.27. The standard InChI is InChI=1S/C22H24N4O/c27-22(24-14-12-17-8-7-13-23-16-17)20-19-11-5-2-6-15-26(19)21(25-20)18-9-3-1-4-10-18/h1,3-4,7-10,13,16H,2,5-6,11-12,14-15H2,(H,24,27). The van der Waals surface area contributed by atoms with Crippen molar-refractivity contribution in [3.8, 4) is 11.4 Å². The van der Waals surface area contributed by atoms with Crippen LogP contribution < -0.4 is 5.32 Å². The molecule has 5 heteroatoms. The van der Waals surface area contributed by atoms with Gasteiger partial charge in [0.15, 0.2) is 0 Å². The Morgan fingerprint density at radius 3 is 2.78 bits per heavy atom. The molecule has 5 nitrogen and oxygen atoms in total. The third kappa shape index (κ3) is 3.92. The van der Waals surface area contributed by atoms with Crippen LogP contribution in [0, 0.1) is 0 Å². The molecular formula is C22H24N4O. The van der Waals surface area contributed by atoms with Gasteiger partial charge >= 0.3 is 0 Å². The quantitative estimate of drug-likeness (QED) is 0.756. The van der Waals surface area contributed by atoms with Gasteiger partial charge in [-0.15, -0.1) is 0 Å². The van der Waals surface area contributed by atoms with Crippen LogP contribution in [0.3, 0.4) is 0 Å². The molecule has 0 aliphatic carbocycles. The molecule has 1 aromatic carbocycles. The van der Waals surface area contributed by atoms with Gasteiger partial charge in [-0.25, -0.2) is 4.98 Å². The lowest BCUT2D eigenvalue weighted by molar-refractivity contribution is 0.0948. The zero-order valence-corrected chi connectivity index (χ0v) is 15.4. The number of benzene rings is 1. The summed E-state index contributed by atoms with van der Waals surface area (Å²) < 4.78 is 2.25. The smallest absolute Gasteiger partial charge is 0.271 e. The molecule has 0 fully saturated rings. The van der Waals surface area contributed by atoms with E-state index in [1.165, 1.54) is 6.42 Å². The first-order valence-electron chi connectivity index (χ1n) is 9.65. The average Bonchev–Trinajstić information content (AvgIpc) is 2.90. The monoisotopic (exact) mass is 360 g/mol. The molecule has 0 unspecified atom stereocenters. The minimum atomic E-state index is -0.0771. The first-order valence-corrected chi connectivity index (χ1v) is 9.65. The van der Waals surface area contributed by atoms with Crippen LogP contribution >= 0.6 is 0 Å². The first-order chi connectivity index (χ1) is 13.3. The molecule has 0 bridgehead atoms. The van der Waals surface area contributed by atoms with Crippen molar-refractivity contribution >= 4 is 5.91 Å². The van der Waals surface area contributed by atoms with E-state index in [1.807, 2.05) is 36.5 Å². The Morgan fingerprint density at radius 2 is 1.96 bits per heavy atom. The van der Waals surface area contributed by atoms with Crippen LogP contribution in [-0.4, -0.2) is 27.0 Å². The van der Waals surface area contributed by atoms with Gasteiger partial charge in [-0.2, -0.15) is 0 Å². The van der Waals surface area contributed by atoms with Gasteiger partial charge in [-0.1, -0.05) is 42.8 Å². The Kier molecular flexibility index (Phi) is 5.28. The molecule has 3 heterocycles. The lowest BCUT2D eigenvalue weighted by Gasteiger charge is -2.09. The second-order valence-corrected chi connectivity index (χ2v) is 6.93. The van der Waals surface area contributed by atoms with Crippen molar-refractivity contribution in [3.63, 3.8) is 0 Å². The van der Waals surface area contributed by atoms with Crippen LogP contribution in [0.4, 0.5) is 0 Å². The Hall–Kier alpha value is -2.95. The van der Waals surface area contributed by atoms with E-state index in [1.54, 1.807) is 6.20 Å². The van der Waals surface area contributed by atoms with Crippen molar-refractivity contribution in [3.05, 3.63) is 71.8 Å². The molecule has 1 N–H and O–H groups in total. The van der Waals surface area contributed by atoms with E-state index < -0.39 is 0 Å². The zero-order chi connectivity index (χ0) is 18.5. The van der Waals surface area contributed by atoms with Crippen molar-refractivity contribution in [1.82, 2.24) is 19.9 Å². The summed E-state index contributed by atoms with van der Waals surface area (Å²) >= 11 is 0. The van der Waals surface area contributed by atoms with E-state index in [2.05, 4.69) is 27.0 Å². The number of nitrogens with one attached hydrogen (secondary N) is 1. The fourth-order valence-electron chi connectivity index (χ4n) is 3.66. The maximum atomic E-state index is 12.9. The van der Waals surface area contributed by atoms with Crippen molar-refractivity contribution in [2.75, 3.05) is 6.54 Å². The first kappa shape index (κ1) is 17.5. The number of amides is 1. The molecule has 0 saturated carbocycles. The van der Waals surface area contributed by atoms with E-state index in [0.717, 1.165) is 54.9 Å². The van der Waals surface area contributed by atoms with Gasteiger partial charge in [0.05, 0.1) is 5.69 Å². The number of imidazole rings is 1. The number of carbonyl (C=O) groups excluding carboxylic acids is 1. The molecule has 0 atom stereocenters. The third-order valence-electron chi connectivity index (χ3n) is 5.04. The Morgan fingerprint density at radius 1 is 1.07 bits per heavy atom. The Balaban J connectivity index is 1.56. The summed E-state index contributed by atoms with van der Waals surface area (Å²) in [6.45, 7) is 1.51. The van der Waals surface area contributed by atoms with Crippen LogP contribution in [0.2, 0.25) is 0 Å². The molecule has 138 valence electrons. The number of hydrogen-bond acceptors (Lipinski definition) is 3. The summed E-state index contributed by atoms with van der Waals surface area (Å²) in [4.78, 5) is 21.7.